The molecule has 1 aliphatic heterocycles. The van der Waals surface area contributed by atoms with Crippen LogP contribution in [0.1, 0.15) is 23.1 Å². The van der Waals surface area contributed by atoms with E-state index in [1.54, 1.807) is 30.3 Å². The number of para-hydroxylation sites is 1. The highest BCUT2D eigenvalue weighted by Gasteiger charge is 2.27. The summed E-state index contributed by atoms with van der Waals surface area (Å²) in [6.07, 6.45) is 0.223. The number of nitrogens with zero attached hydrogens (tertiary/aromatic N) is 2. The van der Waals surface area contributed by atoms with Gasteiger partial charge in [0.1, 0.15) is 16.3 Å². The van der Waals surface area contributed by atoms with Gasteiger partial charge in [0, 0.05) is 17.2 Å². The lowest BCUT2D eigenvalue weighted by Gasteiger charge is -2.10. The van der Waals surface area contributed by atoms with Crippen LogP contribution in [-0.4, -0.2) is 22.9 Å². The molecule has 2 aromatic heterocycles. The minimum atomic E-state index is -0.427. The lowest BCUT2D eigenvalue weighted by Crippen LogP contribution is -2.04. The molecule has 150 valence electrons. The number of hydrogen-bond donors (Lipinski definition) is 1. The maximum atomic E-state index is 12.4. The Balaban J connectivity index is 1.40. The van der Waals surface area contributed by atoms with E-state index in [2.05, 4.69) is 10.1 Å². The van der Waals surface area contributed by atoms with Gasteiger partial charge in [0.25, 0.3) is 0 Å². The van der Waals surface area contributed by atoms with Crippen LogP contribution < -0.4 is 10.4 Å². The molecule has 1 unspecified atom stereocenters. The number of benzene rings is 2. The van der Waals surface area contributed by atoms with Crippen LogP contribution in [0, 0.1) is 0 Å². The van der Waals surface area contributed by atoms with Crippen LogP contribution in [-0.2, 0) is 4.84 Å². The lowest BCUT2D eigenvalue weighted by molar-refractivity contribution is 0.0855. The number of thiazole rings is 1. The monoisotopic (exact) mass is 420 g/mol. The van der Waals surface area contributed by atoms with Gasteiger partial charge in [-0.3, -0.25) is 0 Å². The average Bonchev–Trinajstić information content (AvgIpc) is 3.43. The Morgan fingerprint density at radius 2 is 2.07 bits per heavy atom. The third-order valence-electron chi connectivity index (χ3n) is 4.91. The van der Waals surface area contributed by atoms with Gasteiger partial charge in [0.2, 0.25) is 0 Å². The van der Waals surface area contributed by atoms with E-state index < -0.39 is 5.63 Å². The van der Waals surface area contributed by atoms with Gasteiger partial charge in [-0.15, -0.1) is 11.3 Å². The quantitative estimate of drug-likeness (QED) is 0.489. The van der Waals surface area contributed by atoms with Crippen molar-refractivity contribution in [1.82, 2.24) is 4.98 Å². The summed E-state index contributed by atoms with van der Waals surface area (Å²) in [6, 6.07) is 14.2. The highest BCUT2D eigenvalue weighted by molar-refractivity contribution is 7.12. The number of fused-ring (bicyclic) bond motifs is 1. The van der Waals surface area contributed by atoms with E-state index in [-0.39, 0.29) is 11.9 Å². The average molecular weight is 420 g/mol. The number of aromatic hydroxyl groups is 1. The maximum absolute atomic E-state index is 12.4. The third kappa shape index (κ3) is 3.21. The molecule has 1 aliphatic rings. The highest BCUT2D eigenvalue weighted by Crippen LogP contribution is 2.35. The van der Waals surface area contributed by atoms with Gasteiger partial charge in [-0.2, -0.15) is 0 Å². The molecule has 0 bridgehead atoms. The van der Waals surface area contributed by atoms with Crippen molar-refractivity contribution in [2.75, 3.05) is 7.11 Å². The molecule has 1 N–H and O–H groups in total. The first-order chi connectivity index (χ1) is 14.6. The van der Waals surface area contributed by atoms with Crippen LogP contribution in [0.15, 0.2) is 68.3 Å². The molecule has 0 saturated carbocycles. The summed E-state index contributed by atoms with van der Waals surface area (Å²) < 4.78 is 10.6. The molecule has 0 spiro atoms. The van der Waals surface area contributed by atoms with Crippen LogP contribution in [0.2, 0.25) is 0 Å². The molecule has 0 saturated heterocycles. The molecule has 8 heteroatoms. The van der Waals surface area contributed by atoms with Crippen LogP contribution in [0.25, 0.3) is 22.2 Å². The van der Waals surface area contributed by atoms with Crippen molar-refractivity contribution in [3.05, 3.63) is 74.9 Å². The summed E-state index contributed by atoms with van der Waals surface area (Å²) in [5.41, 5.74) is 2.62. The maximum Gasteiger partial charge on any atom is 0.345 e. The topological polar surface area (TPSA) is 94.2 Å². The number of aromatic nitrogens is 1. The van der Waals surface area contributed by atoms with Gasteiger partial charge in [0.15, 0.2) is 17.6 Å². The van der Waals surface area contributed by atoms with E-state index in [1.165, 1.54) is 18.4 Å². The van der Waals surface area contributed by atoms with Crippen molar-refractivity contribution in [2.45, 2.75) is 12.5 Å². The zero-order chi connectivity index (χ0) is 20.7. The van der Waals surface area contributed by atoms with Crippen LogP contribution in [0.4, 0.5) is 0 Å². The van der Waals surface area contributed by atoms with E-state index in [0.29, 0.717) is 39.7 Å². The molecular weight excluding hydrogens is 404 g/mol. The van der Waals surface area contributed by atoms with Crippen molar-refractivity contribution in [3.63, 3.8) is 0 Å². The Kier molecular flexibility index (Phi) is 4.48. The Labute approximate surface area is 174 Å². The first-order valence-electron chi connectivity index (χ1n) is 9.21. The predicted molar refractivity (Wildman–Crippen MR) is 113 cm³/mol. The molecular formula is C22H16N2O5S. The second kappa shape index (κ2) is 7.31. The fraction of sp³-hybridized carbons (Fsp3) is 0.136. The number of ether oxygens (including phenoxy) is 1. The highest BCUT2D eigenvalue weighted by atomic mass is 32.1. The first kappa shape index (κ1) is 18.4. The standard InChI is InChI=1S/C22H16N2O5S/c1-27-20-9-13(6-7-17(20)25)19-10-15(24-29-19)21-23-16(11-30-21)14-8-12-4-2-3-5-18(12)28-22(14)26/h2-9,11,19,25H,10H2,1H3. The third-order valence-corrected chi connectivity index (χ3v) is 5.80. The SMILES string of the molecule is COc1cc(C2CC(c3nc(-c4cc5ccccc5oc4=O)cs3)=NO2)ccc1O. The second-order valence-electron chi connectivity index (χ2n) is 6.79. The molecule has 2 aromatic carbocycles. The van der Waals surface area contributed by atoms with Crippen LogP contribution in [0.5, 0.6) is 11.5 Å². The minimum Gasteiger partial charge on any atom is -0.504 e. The Morgan fingerprint density at radius 3 is 2.93 bits per heavy atom. The van der Waals surface area contributed by atoms with E-state index in [9.17, 15) is 9.90 Å². The molecule has 30 heavy (non-hydrogen) atoms. The summed E-state index contributed by atoms with van der Waals surface area (Å²) in [5, 5.41) is 17.3. The van der Waals surface area contributed by atoms with E-state index in [4.69, 9.17) is 14.0 Å². The van der Waals surface area contributed by atoms with Gasteiger partial charge in [-0.1, -0.05) is 29.4 Å². The number of hydrogen-bond acceptors (Lipinski definition) is 8. The molecule has 5 rings (SSSR count). The zero-order valence-corrected chi connectivity index (χ0v) is 16.7. The van der Waals surface area contributed by atoms with Crippen molar-refractivity contribution < 1.29 is 19.1 Å². The van der Waals surface area contributed by atoms with E-state index in [1.807, 2.05) is 23.6 Å². The van der Waals surface area contributed by atoms with Gasteiger partial charge >= 0.3 is 5.63 Å². The van der Waals surface area contributed by atoms with Gasteiger partial charge in [0.05, 0.1) is 18.4 Å². The van der Waals surface area contributed by atoms with Crippen molar-refractivity contribution in [2.24, 2.45) is 5.16 Å². The summed E-state index contributed by atoms with van der Waals surface area (Å²) in [4.78, 5) is 22.6. The molecule has 0 amide bonds. The number of rotatable bonds is 4. The van der Waals surface area contributed by atoms with E-state index >= 15 is 0 Å². The van der Waals surface area contributed by atoms with Crippen LogP contribution >= 0.6 is 11.3 Å². The lowest BCUT2D eigenvalue weighted by atomic mass is 10.0. The van der Waals surface area contributed by atoms with Crippen molar-refractivity contribution >= 4 is 28.0 Å². The number of oxime groups is 1. The Hall–Kier alpha value is -3.65. The summed E-state index contributed by atoms with van der Waals surface area (Å²) >= 11 is 1.40. The summed E-state index contributed by atoms with van der Waals surface area (Å²) in [6.45, 7) is 0. The first-order valence-corrected chi connectivity index (χ1v) is 10.1. The molecule has 0 fully saturated rings. The molecule has 0 aliphatic carbocycles. The molecule has 1 atom stereocenters. The second-order valence-corrected chi connectivity index (χ2v) is 7.65. The predicted octanol–water partition coefficient (Wildman–Crippen LogP) is 4.50. The van der Waals surface area contributed by atoms with E-state index in [0.717, 1.165) is 10.9 Å². The molecule has 4 aromatic rings. The summed E-state index contributed by atoms with van der Waals surface area (Å²) in [5.74, 6) is 0.447. The normalized spacial score (nSPS) is 15.8. The fourth-order valence-electron chi connectivity index (χ4n) is 3.35. The summed E-state index contributed by atoms with van der Waals surface area (Å²) in [7, 11) is 1.50. The number of methoxy groups -OCH3 is 1. The Morgan fingerprint density at radius 1 is 1.20 bits per heavy atom. The number of phenolic OH excluding ortho intramolecular Hbond substituents is 1. The number of phenols is 1. The van der Waals surface area contributed by atoms with Crippen molar-refractivity contribution in [1.29, 1.82) is 0 Å². The molecule has 0 radical (unpaired) electrons. The van der Waals surface area contributed by atoms with Gasteiger partial charge in [-0.25, -0.2) is 9.78 Å². The fourth-order valence-corrected chi connectivity index (χ4v) is 4.16. The van der Waals surface area contributed by atoms with Gasteiger partial charge in [-0.05, 0) is 29.8 Å². The van der Waals surface area contributed by atoms with Crippen LogP contribution in [0.3, 0.4) is 0 Å². The zero-order valence-electron chi connectivity index (χ0n) is 15.9. The molecule has 7 nitrogen and oxygen atoms in total. The largest absolute Gasteiger partial charge is 0.504 e. The van der Waals surface area contributed by atoms with Gasteiger partial charge < -0.3 is 19.1 Å². The smallest absolute Gasteiger partial charge is 0.345 e. The molecule has 3 heterocycles. The minimum absolute atomic E-state index is 0.0687. The van der Waals surface area contributed by atoms with Crippen molar-refractivity contribution in [3.8, 4) is 22.8 Å². The Bertz CT molecular complexity index is 1340.